The predicted molar refractivity (Wildman–Crippen MR) is 79.6 cm³/mol. The smallest absolute Gasteiger partial charge is 0.192 e. The molecule has 1 atom stereocenters. The molecule has 3 rings (SSSR count). The van der Waals surface area contributed by atoms with Crippen molar-refractivity contribution in [2.24, 2.45) is 0 Å². The monoisotopic (exact) mass is 285 g/mol. The average molecular weight is 285 g/mol. The van der Waals surface area contributed by atoms with Crippen LogP contribution in [0.5, 0.6) is 0 Å². The van der Waals surface area contributed by atoms with E-state index in [2.05, 4.69) is 22.2 Å². The number of rotatable bonds is 4. The number of anilines is 1. The number of pyridine rings is 1. The molecule has 1 unspecified atom stereocenters. The lowest BCUT2D eigenvalue weighted by atomic mass is 10.1. The molecule has 0 aliphatic heterocycles. The number of fused-ring (bicyclic) bond motifs is 1. The van der Waals surface area contributed by atoms with Crippen LogP contribution in [0.3, 0.4) is 0 Å². The second kappa shape index (κ2) is 5.52. The number of halogens is 1. The summed E-state index contributed by atoms with van der Waals surface area (Å²) in [5, 5.41) is 3.40. The molecule has 4 nitrogen and oxygen atoms in total. The van der Waals surface area contributed by atoms with Crippen molar-refractivity contribution in [1.29, 1.82) is 0 Å². The van der Waals surface area contributed by atoms with Crippen molar-refractivity contribution >= 4 is 16.8 Å². The highest BCUT2D eigenvalue weighted by Crippen LogP contribution is 2.24. The summed E-state index contributed by atoms with van der Waals surface area (Å²) in [6, 6.07) is 8.93. The van der Waals surface area contributed by atoms with Crippen molar-refractivity contribution in [3.05, 3.63) is 53.9 Å². The Balaban J connectivity index is 1.86. The van der Waals surface area contributed by atoms with Gasteiger partial charge in [0.05, 0.1) is 17.9 Å². The van der Waals surface area contributed by atoms with Crippen LogP contribution in [0, 0.1) is 12.7 Å². The summed E-state index contributed by atoms with van der Waals surface area (Å²) < 4.78 is 18.4. The fraction of sp³-hybridized carbons (Fsp3) is 0.250. The van der Waals surface area contributed by atoms with Crippen molar-refractivity contribution in [2.45, 2.75) is 26.3 Å². The van der Waals surface area contributed by atoms with E-state index in [0.717, 1.165) is 28.9 Å². The standard InChI is InChI=1S/C16H16FN3O/c1-3-13(14-6-4-11(17)9-18-14)20-12-5-7-16-15(8-12)19-10(2)21-16/h4-9,13,20H,3H2,1-2H3. The molecule has 108 valence electrons. The van der Waals surface area contributed by atoms with Crippen molar-refractivity contribution in [2.75, 3.05) is 5.32 Å². The van der Waals surface area contributed by atoms with Crippen LogP contribution in [-0.4, -0.2) is 9.97 Å². The summed E-state index contributed by atoms with van der Waals surface area (Å²) in [6.45, 7) is 3.88. The summed E-state index contributed by atoms with van der Waals surface area (Å²) in [4.78, 5) is 8.46. The maximum atomic E-state index is 13.0. The number of oxazole rings is 1. The molecule has 0 saturated carbocycles. The zero-order valence-corrected chi connectivity index (χ0v) is 11.9. The van der Waals surface area contributed by atoms with Crippen LogP contribution >= 0.6 is 0 Å². The Morgan fingerprint density at radius 1 is 1.29 bits per heavy atom. The maximum absolute atomic E-state index is 13.0. The van der Waals surface area contributed by atoms with E-state index in [1.807, 2.05) is 25.1 Å². The Morgan fingerprint density at radius 2 is 2.14 bits per heavy atom. The van der Waals surface area contributed by atoms with Crippen LogP contribution in [0.25, 0.3) is 11.1 Å². The zero-order valence-electron chi connectivity index (χ0n) is 11.9. The quantitative estimate of drug-likeness (QED) is 0.779. The minimum atomic E-state index is -0.326. The number of hydrogen-bond donors (Lipinski definition) is 1. The minimum absolute atomic E-state index is 0.0241. The van der Waals surface area contributed by atoms with Crippen molar-refractivity contribution in [3.63, 3.8) is 0 Å². The Morgan fingerprint density at radius 3 is 2.86 bits per heavy atom. The van der Waals surface area contributed by atoms with Crippen LogP contribution in [-0.2, 0) is 0 Å². The van der Waals surface area contributed by atoms with E-state index in [9.17, 15) is 4.39 Å². The lowest BCUT2D eigenvalue weighted by Crippen LogP contribution is -2.11. The first kappa shape index (κ1) is 13.5. The summed E-state index contributed by atoms with van der Waals surface area (Å²) in [5.74, 6) is 0.322. The fourth-order valence-electron chi connectivity index (χ4n) is 2.31. The molecule has 1 aromatic carbocycles. The molecule has 0 amide bonds. The number of aryl methyl sites for hydroxylation is 1. The molecular formula is C16H16FN3O. The van der Waals surface area contributed by atoms with E-state index in [1.165, 1.54) is 12.3 Å². The van der Waals surface area contributed by atoms with Gasteiger partial charge in [-0.3, -0.25) is 4.98 Å². The van der Waals surface area contributed by atoms with Gasteiger partial charge < -0.3 is 9.73 Å². The minimum Gasteiger partial charge on any atom is -0.441 e. The summed E-state index contributed by atoms with van der Waals surface area (Å²) in [7, 11) is 0. The van der Waals surface area contributed by atoms with E-state index in [0.29, 0.717) is 5.89 Å². The first-order chi connectivity index (χ1) is 10.2. The highest BCUT2D eigenvalue weighted by atomic mass is 19.1. The Hall–Kier alpha value is -2.43. The Bertz CT molecular complexity index is 752. The molecule has 21 heavy (non-hydrogen) atoms. The van der Waals surface area contributed by atoms with Gasteiger partial charge in [0.2, 0.25) is 0 Å². The molecule has 3 aromatic rings. The molecule has 2 heterocycles. The van der Waals surface area contributed by atoms with E-state index in [-0.39, 0.29) is 11.9 Å². The second-order valence-corrected chi connectivity index (χ2v) is 4.92. The number of hydrogen-bond acceptors (Lipinski definition) is 4. The summed E-state index contributed by atoms with van der Waals surface area (Å²) in [5.41, 5.74) is 3.34. The van der Waals surface area contributed by atoms with Crippen LogP contribution in [0.1, 0.15) is 31.0 Å². The van der Waals surface area contributed by atoms with Gasteiger partial charge in [0, 0.05) is 12.6 Å². The average Bonchev–Trinajstić information content (AvgIpc) is 2.85. The van der Waals surface area contributed by atoms with E-state index >= 15 is 0 Å². The molecule has 0 fully saturated rings. The third kappa shape index (κ3) is 2.86. The Kier molecular flexibility index (Phi) is 3.56. The highest BCUT2D eigenvalue weighted by molar-refractivity contribution is 5.77. The van der Waals surface area contributed by atoms with E-state index in [4.69, 9.17) is 4.42 Å². The van der Waals surface area contributed by atoms with Gasteiger partial charge >= 0.3 is 0 Å². The van der Waals surface area contributed by atoms with Crippen molar-refractivity contribution in [1.82, 2.24) is 9.97 Å². The van der Waals surface area contributed by atoms with Gasteiger partial charge in [0.15, 0.2) is 11.5 Å². The van der Waals surface area contributed by atoms with Gasteiger partial charge in [-0.1, -0.05) is 6.92 Å². The lowest BCUT2D eigenvalue weighted by Gasteiger charge is -2.17. The molecule has 5 heteroatoms. The molecule has 0 aliphatic rings. The van der Waals surface area contributed by atoms with E-state index in [1.54, 1.807) is 6.07 Å². The number of nitrogens with one attached hydrogen (secondary N) is 1. The third-order valence-corrected chi connectivity index (χ3v) is 3.35. The van der Waals surface area contributed by atoms with Crippen LogP contribution in [0.2, 0.25) is 0 Å². The SMILES string of the molecule is CCC(Nc1ccc2oc(C)nc2c1)c1ccc(F)cn1. The third-order valence-electron chi connectivity index (χ3n) is 3.35. The normalized spacial score (nSPS) is 12.5. The van der Waals surface area contributed by atoms with Gasteiger partial charge in [-0.05, 0) is 36.8 Å². The first-order valence-electron chi connectivity index (χ1n) is 6.91. The summed E-state index contributed by atoms with van der Waals surface area (Å²) >= 11 is 0. The lowest BCUT2D eigenvalue weighted by molar-refractivity contribution is 0.561. The molecule has 0 aliphatic carbocycles. The van der Waals surface area contributed by atoms with Gasteiger partial charge in [-0.2, -0.15) is 0 Å². The molecule has 0 bridgehead atoms. The molecule has 0 saturated heterocycles. The van der Waals surface area contributed by atoms with Gasteiger partial charge in [0.25, 0.3) is 0 Å². The zero-order chi connectivity index (χ0) is 14.8. The Labute approximate surface area is 122 Å². The van der Waals surface area contributed by atoms with Crippen molar-refractivity contribution < 1.29 is 8.81 Å². The summed E-state index contributed by atoms with van der Waals surface area (Å²) in [6.07, 6.45) is 2.08. The van der Waals surface area contributed by atoms with Crippen molar-refractivity contribution in [3.8, 4) is 0 Å². The second-order valence-electron chi connectivity index (χ2n) is 4.92. The van der Waals surface area contributed by atoms with Crippen LogP contribution in [0.15, 0.2) is 40.9 Å². The van der Waals surface area contributed by atoms with Crippen LogP contribution in [0.4, 0.5) is 10.1 Å². The molecule has 1 N–H and O–H groups in total. The van der Waals surface area contributed by atoms with Gasteiger partial charge in [-0.25, -0.2) is 9.37 Å². The predicted octanol–water partition coefficient (Wildman–Crippen LogP) is 4.23. The number of benzene rings is 1. The number of nitrogens with zero attached hydrogens (tertiary/aromatic N) is 2. The first-order valence-corrected chi connectivity index (χ1v) is 6.91. The van der Waals surface area contributed by atoms with Crippen LogP contribution < -0.4 is 5.32 Å². The van der Waals surface area contributed by atoms with Gasteiger partial charge in [-0.15, -0.1) is 0 Å². The van der Waals surface area contributed by atoms with E-state index < -0.39 is 0 Å². The maximum Gasteiger partial charge on any atom is 0.192 e. The molecule has 0 spiro atoms. The van der Waals surface area contributed by atoms with Gasteiger partial charge in [0.1, 0.15) is 11.3 Å². The molecule has 0 radical (unpaired) electrons. The molecular weight excluding hydrogens is 269 g/mol. The number of aromatic nitrogens is 2. The molecule has 2 aromatic heterocycles. The topological polar surface area (TPSA) is 51.0 Å². The highest BCUT2D eigenvalue weighted by Gasteiger charge is 2.12. The fourth-order valence-corrected chi connectivity index (χ4v) is 2.31. The largest absolute Gasteiger partial charge is 0.441 e.